The van der Waals surface area contributed by atoms with Crippen molar-refractivity contribution in [2.45, 2.75) is 117 Å². The van der Waals surface area contributed by atoms with Crippen molar-refractivity contribution in [2.24, 2.45) is 0 Å². The van der Waals surface area contributed by atoms with Gasteiger partial charge in [-0.3, -0.25) is 0 Å². The van der Waals surface area contributed by atoms with Crippen LogP contribution in [0.25, 0.3) is 0 Å². The highest BCUT2D eigenvalue weighted by Crippen LogP contribution is 2.42. The van der Waals surface area contributed by atoms with E-state index in [4.69, 9.17) is 4.74 Å². The normalized spacial score (nSPS) is 16.6. The second-order valence-corrected chi connectivity index (χ2v) is 17.3. The fourth-order valence-electron chi connectivity index (χ4n) is 6.88. The summed E-state index contributed by atoms with van der Waals surface area (Å²) in [6.45, 7) is 20.2. The topological polar surface area (TPSA) is 93.5 Å². The molecule has 1 heterocycles. The van der Waals surface area contributed by atoms with Gasteiger partial charge in [0.2, 0.25) is 0 Å². The van der Waals surface area contributed by atoms with Crippen LogP contribution in [0.4, 0.5) is 0 Å². The van der Waals surface area contributed by atoms with Crippen LogP contribution < -0.4 is 0 Å². The molecule has 254 valence electrons. The summed E-state index contributed by atoms with van der Waals surface area (Å²) in [6, 6.07) is 16.4. The summed E-state index contributed by atoms with van der Waals surface area (Å²) >= 11 is 0. The lowest BCUT2D eigenvalue weighted by molar-refractivity contribution is 0.407. The molecule has 6 rings (SSSR count). The van der Waals surface area contributed by atoms with Gasteiger partial charge in [0.25, 0.3) is 0 Å². The Morgan fingerprint density at radius 3 is 0.896 bits per heavy atom. The molecule has 0 amide bonds. The summed E-state index contributed by atoms with van der Waals surface area (Å²) in [5.74, 6) is 0.747. The standard InChI is InChI=1S/C43H52O5/c1-41(2,3)33-17-27-13-25-10-24(12-36-23-48-36)11-26(37(25)44)14-28-18-34(42(4,5)6)20-30(39(28)46)16-32-22-35(43(7,8)9)21-31(40(32)47)15-29(19-33)38(27)45/h10-11,17-22,36,44-47H,12-16,23H2,1-9H3. The molecule has 1 saturated heterocycles. The molecule has 4 aromatic rings. The van der Waals surface area contributed by atoms with Crippen LogP contribution in [-0.4, -0.2) is 33.1 Å². The summed E-state index contributed by atoms with van der Waals surface area (Å²) in [7, 11) is 0. The zero-order valence-corrected chi connectivity index (χ0v) is 30.1. The maximum atomic E-state index is 11.9. The number of rotatable bonds is 2. The van der Waals surface area contributed by atoms with Crippen LogP contribution in [0.2, 0.25) is 0 Å². The SMILES string of the molecule is CC(C)(C)c1cc2c(O)c(c1)Cc1cc(C(C)(C)C)cc(c1O)Cc1cc(C(C)(C)C)cc(c1O)Cc1cc(CC3CO3)cc(c1O)C2. The van der Waals surface area contributed by atoms with Crippen molar-refractivity contribution in [1.82, 2.24) is 0 Å². The van der Waals surface area contributed by atoms with Crippen LogP contribution in [-0.2, 0) is 53.1 Å². The van der Waals surface area contributed by atoms with Gasteiger partial charge in [-0.05, 0) is 83.0 Å². The zero-order valence-electron chi connectivity index (χ0n) is 30.1. The average Bonchev–Trinajstić information content (AvgIpc) is 3.78. The first-order chi connectivity index (χ1) is 22.3. The minimum atomic E-state index is -0.193. The molecule has 5 heteroatoms. The summed E-state index contributed by atoms with van der Waals surface area (Å²) in [4.78, 5) is 0. The van der Waals surface area contributed by atoms with E-state index >= 15 is 0 Å². The number of benzene rings is 4. The van der Waals surface area contributed by atoms with Gasteiger partial charge in [-0.2, -0.15) is 0 Å². The fourth-order valence-corrected chi connectivity index (χ4v) is 6.88. The Kier molecular flexibility index (Phi) is 8.39. The number of ether oxygens (including phenoxy) is 1. The maximum absolute atomic E-state index is 11.9. The van der Waals surface area contributed by atoms with E-state index in [0.29, 0.717) is 25.7 Å². The van der Waals surface area contributed by atoms with Gasteiger partial charge in [-0.15, -0.1) is 0 Å². The number of aromatic hydroxyl groups is 4. The van der Waals surface area contributed by atoms with Crippen LogP contribution >= 0.6 is 0 Å². The molecule has 4 aromatic carbocycles. The van der Waals surface area contributed by atoms with Gasteiger partial charge in [0, 0.05) is 32.1 Å². The third-order valence-electron chi connectivity index (χ3n) is 10.1. The Labute approximate surface area is 286 Å². The molecule has 0 radical (unpaired) electrons. The minimum Gasteiger partial charge on any atom is -0.507 e. The molecule has 0 saturated carbocycles. The molecule has 1 aliphatic carbocycles. The van der Waals surface area contributed by atoms with Crippen molar-refractivity contribution in [1.29, 1.82) is 0 Å². The van der Waals surface area contributed by atoms with Gasteiger partial charge in [0.05, 0.1) is 12.7 Å². The molecule has 1 unspecified atom stereocenters. The van der Waals surface area contributed by atoms with Crippen LogP contribution in [0.5, 0.6) is 23.0 Å². The van der Waals surface area contributed by atoms with Crippen molar-refractivity contribution < 1.29 is 25.2 Å². The first-order valence-corrected chi connectivity index (χ1v) is 17.3. The number of hydrogen-bond donors (Lipinski definition) is 4. The Hall–Kier alpha value is -3.96. The quantitative estimate of drug-likeness (QED) is 0.143. The lowest BCUT2D eigenvalue weighted by Crippen LogP contribution is -2.15. The Bertz CT molecular complexity index is 1770. The molecule has 8 bridgehead atoms. The van der Waals surface area contributed by atoms with E-state index in [1.807, 2.05) is 12.1 Å². The predicted octanol–water partition coefficient (Wildman–Crippen LogP) is 9.02. The summed E-state index contributed by atoms with van der Waals surface area (Å²) in [5, 5.41) is 47.5. The predicted molar refractivity (Wildman–Crippen MR) is 193 cm³/mol. The van der Waals surface area contributed by atoms with Crippen LogP contribution in [0.15, 0.2) is 48.5 Å². The van der Waals surface area contributed by atoms with Crippen LogP contribution in [0.1, 0.15) is 129 Å². The Morgan fingerprint density at radius 1 is 0.458 bits per heavy atom. The van der Waals surface area contributed by atoms with Gasteiger partial charge in [0.15, 0.2) is 0 Å². The monoisotopic (exact) mass is 648 g/mol. The van der Waals surface area contributed by atoms with Crippen LogP contribution in [0.3, 0.4) is 0 Å². The molecule has 1 fully saturated rings. The number of fused-ring (bicyclic) bond motifs is 8. The number of phenolic OH excluding ortho intramolecular Hbond substituents is 4. The third kappa shape index (κ3) is 6.94. The summed E-state index contributed by atoms with van der Waals surface area (Å²) in [6.07, 6.45) is 2.24. The van der Waals surface area contributed by atoms with E-state index < -0.39 is 0 Å². The van der Waals surface area contributed by atoms with Gasteiger partial charge in [0.1, 0.15) is 23.0 Å². The second kappa shape index (κ2) is 11.9. The van der Waals surface area contributed by atoms with E-state index in [9.17, 15) is 20.4 Å². The molecule has 2 aliphatic rings. The largest absolute Gasteiger partial charge is 0.507 e. The maximum Gasteiger partial charge on any atom is 0.122 e. The molecule has 1 atom stereocenters. The number of phenols is 4. The molecule has 48 heavy (non-hydrogen) atoms. The van der Waals surface area contributed by atoms with Crippen molar-refractivity contribution in [3.05, 3.63) is 115 Å². The molecule has 1 aliphatic heterocycles. The van der Waals surface area contributed by atoms with Crippen molar-refractivity contribution in [2.75, 3.05) is 6.61 Å². The van der Waals surface area contributed by atoms with Crippen molar-refractivity contribution in [3.8, 4) is 23.0 Å². The zero-order chi connectivity index (χ0) is 34.9. The lowest BCUT2D eigenvalue weighted by Gasteiger charge is -2.26. The molecule has 0 spiro atoms. The van der Waals surface area contributed by atoms with E-state index in [1.54, 1.807) is 0 Å². The van der Waals surface area contributed by atoms with Crippen molar-refractivity contribution in [3.63, 3.8) is 0 Å². The molecule has 0 aromatic heterocycles. The summed E-state index contributed by atoms with van der Waals surface area (Å²) in [5.41, 5.74) is 9.60. The average molecular weight is 649 g/mol. The van der Waals surface area contributed by atoms with Gasteiger partial charge in [-0.1, -0.05) is 111 Å². The third-order valence-corrected chi connectivity index (χ3v) is 10.1. The molecule has 5 nitrogen and oxygen atoms in total. The van der Waals surface area contributed by atoms with Gasteiger partial charge in [-0.25, -0.2) is 0 Å². The van der Waals surface area contributed by atoms with Gasteiger partial charge < -0.3 is 25.2 Å². The summed E-state index contributed by atoms with van der Waals surface area (Å²) < 4.78 is 5.58. The first kappa shape index (κ1) is 33.9. The smallest absolute Gasteiger partial charge is 0.122 e. The highest BCUT2D eigenvalue weighted by molar-refractivity contribution is 5.58. The first-order valence-electron chi connectivity index (χ1n) is 17.3. The van der Waals surface area contributed by atoms with Crippen LogP contribution in [0, 0.1) is 0 Å². The van der Waals surface area contributed by atoms with Gasteiger partial charge >= 0.3 is 0 Å². The van der Waals surface area contributed by atoms with Crippen molar-refractivity contribution >= 4 is 0 Å². The second-order valence-electron chi connectivity index (χ2n) is 17.3. The van der Waals surface area contributed by atoms with E-state index in [-0.39, 0.29) is 45.3 Å². The minimum absolute atomic E-state index is 0.168. The highest BCUT2D eigenvalue weighted by atomic mass is 16.6. The Balaban J connectivity index is 1.65. The fraction of sp³-hybridized carbons (Fsp3) is 0.442. The van der Waals surface area contributed by atoms with E-state index in [2.05, 4.69) is 98.7 Å². The highest BCUT2D eigenvalue weighted by Gasteiger charge is 2.28. The molecular weight excluding hydrogens is 596 g/mol. The number of hydrogen-bond acceptors (Lipinski definition) is 5. The van der Waals surface area contributed by atoms with E-state index in [1.165, 1.54) is 0 Å². The Morgan fingerprint density at radius 2 is 0.688 bits per heavy atom. The molecular formula is C43H52O5. The van der Waals surface area contributed by atoms with E-state index in [0.717, 1.165) is 79.8 Å². The lowest BCUT2D eigenvalue weighted by atomic mass is 9.80. The number of epoxide rings is 1. The molecule has 4 N–H and O–H groups in total.